The van der Waals surface area contributed by atoms with Crippen LogP contribution in [0.25, 0.3) is 6.08 Å². The Morgan fingerprint density at radius 3 is 2.54 bits per heavy atom. The van der Waals surface area contributed by atoms with Crippen LogP contribution in [0.3, 0.4) is 0 Å². The number of nitrogens with zero attached hydrogens (tertiary/aromatic N) is 2. The second kappa shape index (κ2) is 10.7. The number of carbonyl (C=O) groups is 1. The molecule has 1 aliphatic heterocycles. The average molecular weight is 498 g/mol. The lowest BCUT2D eigenvalue weighted by Crippen LogP contribution is -2.35. The Kier molecular flexibility index (Phi) is 8.18. The number of hydrogen-bond donors (Lipinski definition) is 0. The molecule has 0 saturated heterocycles. The molecule has 0 N–H and O–H groups in total. The molecule has 7 nitrogen and oxygen atoms in total. The number of fused-ring (bicyclic) bond motifs is 1. The van der Waals surface area contributed by atoms with E-state index in [4.69, 9.17) is 0 Å². The normalized spacial score (nSPS) is 16.3. The summed E-state index contributed by atoms with van der Waals surface area (Å²) in [5.74, 6) is -1.05. The van der Waals surface area contributed by atoms with Crippen molar-refractivity contribution in [1.82, 2.24) is 0 Å². The Balaban J connectivity index is 1.96. The van der Waals surface area contributed by atoms with Crippen molar-refractivity contribution in [3.8, 4) is 0 Å². The number of aromatic nitrogens is 1. The van der Waals surface area contributed by atoms with Gasteiger partial charge in [0.2, 0.25) is 5.69 Å². The third kappa shape index (κ3) is 6.18. The summed E-state index contributed by atoms with van der Waals surface area (Å²) in [5, 5.41) is 10.7. The van der Waals surface area contributed by atoms with Gasteiger partial charge < -0.3 is 19.4 Å². The average Bonchev–Trinajstić information content (AvgIpc) is 2.99. The molecule has 0 saturated carbocycles. The molecule has 1 aliphatic rings. The number of carboxylic acids is 1. The van der Waals surface area contributed by atoms with Crippen molar-refractivity contribution < 1.29 is 27.4 Å². The fourth-order valence-electron chi connectivity index (χ4n) is 4.61. The van der Waals surface area contributed by atoms with Crippen LogP contribution in [0.4, 0.5) is 5.69 Å². The smallest absolute Gasteiger partial charge is 0.205 e. The molecule has 0 amide bonds. The van der Waals surface area contributed by atoms with Gasteiger partial charge in [0.1, 0.15) is 16.7 Å². The van der Waals surface area contributed by atoms with Gasteiger partial charge in [-0.15, -0.1) is 0 Å². The highest BCUT2D eigenvalue weighted by Gasteiger charge is 2.40. The first kappa shape index (κ1) is 26.6. The number of hydrogen-bond acceptors (Lipinski definition) is 6. The Morgan fingerprint density at radius 1 is 1.14 bits per heavy atom. The lowest BCUT2D eigenvalue weighted by Gasteiger charge is -2.27. The predicted octanol–water partition coefficient (Wildman–Crippen LogP) is 3.21. The first-order chi connectivity index (χ1) is 16.4. The van der Waals surface area contributed by atoms with Crippen LogP contribution in [0, 0.1) is 6.92 Å². The third-order valence-electron chi connectivity index (χ3n) is 6.48. The monoisotopic (exact) mass is 497 g/mol. The second-order valence-electron chi connectivity index (χ2n) is 9.42. The summed E-state index contributed by atoms with van der Waals surface area (Å²) in [6.07, 6.45) is 10.2. The van der Waals surface area contributed by atoms with E-state index in [1.807, 2.05) is 32.1 Å². The summed E-state index contributed by atoms with van der Waals surface area (Å²) in [6.45, 7) is 9.67. The van der Waals surface area contributed by atoms with E-state index in [-0.39, 0.29) is 11.3 Å². The van der Waals surface area contributed by atoms with E-state index in [1.165, 1.54) is 17.7 Å². The van der Waals surface area contributed by atoms with Crippen molar-refractivity contribution in [2.75, 3.05) is 11.4 Å². The molecule has 188 valence electrons. The standard InChI is InChI=1S/C27H34N2O5S/c1-5-28-19-20(2)13-14-21(28)10-9-11-25-27(3,4)23-18-22(35(32,33)34)15-16-24(23)29(25)17-8-6-7-12-26(30)31/h9-11,13-16,18-19H,5-8,12,17H2,1-4H3,(H-,30,31,32,33,34)/p-1. The highest BCUT2D eigenvalue weighted by molar-refractivity contribution is 7.85. The Bertz CT molecular complexity index is 1260. The van der Waals surface area contributed by atoms with Gasteiger partial charge in [0.15, 0.2) is 6.20 Å². The Labute approximate surface area is 208 Å². The highest BCUT2D eigenvalue weighted by Crippen LogP contribution is 2.48. The summed E-state index contributed by atoms with van der Waals surface area (Å²) in [7, 11) is -4.57. The van der Waals surface area contributed by atoms with Crippen LogP contribution in [0.5, 0.6) is 0 Å². The van der Waals surface area contributed by atoms with Gasteiger partial charge >= 0.3 is 0 Å². The molecule has 35 heavy (non-hydrogen) atoms. The zero-order chi connectivity index (χ0) is 25.8. The molecule has 3 rings (SSSR count). The number of carboxylic acid groups (broad SMARTS) is 1. The van der Waals surface area contributed by atoms with Crippen molar-refractivity contribution in [2.24, 2.45) is 0 Å². The van der Waals surface area contributed by atoms with Crippen molar-refractivity contribution in [3.63, 3.8) is 0 Å². The van der Waals surface area contributed by atoms with Crippen LogP contribution in [0.2, 0.25) is 0 Å². The summed E-state index contributed by atoms with van der Waals surface area (Å²) in [6, 6.07) is 8.67. The Hall–Kier alpha value is -2.97. The molecule has 1 aromatic heterocycles. The number of carbonyl (C=O) groups excluding carboxylic acids is 1. The van der Waals surface area contributed by atoms with Crippen LogP contribution in [-0.2, 0) is 26.9 Å². The van der Waals surface area contributed by atoms with E-state index >= 15 is 0 Å². The highest BCUT2D eigenvalue weighted by atomic mass is 32.2. The number of anilines is 1. The van der Waals surface area contributed by atoms with Gasteiger partial charge in [-0.05, 0) is 69.0 Å². The van der Waals surface area contributed by atoms with E-state index in [2.05, 4.69) is 41.6 Å². The number of pyridine rings is 1. The molecule has 0 aliphatic carbocycles. The van der Waals surface area contributed by atoms with Crippen LogP contribution in [0.15, 0.2) is 59.3 Å². The summed E-state index contributed by atoms with van der Waals surface area (Å²) < 4.78 is 37.2. The zero-order valence-corrected chi connectivity index (χ0v) is 21.6. The quantitative estimate of drug-likeness (QED) is 0.284. The van der Waals surface area contributed by atoms with Crippen LogP contribution >= 0.6 is 0 Å². The number of allylic oxidation sites excluding steroid dienone is 3. The molecule has 8 heteroatoms. The van der Waals surface area contributed by atoms with Gasteiger partial charge in [-0.2, -0.15) is 4.57 Å². The molecule has 0 bridgehead atoms. The van der Waals surface area contributed by atoms with Crippen LogP contribution < -0.4 is 14.6 Å². The SMILES string of the molecule is CC[n+]1cc(C)ccc1C=CC=C1N(CCCCCC(=O)[O-])c2ccc(S(=O)(=O)[O-])cc2C1(C)C. The number of aryl methyl sites for hydroxylation is 2. The zero-order valence-electron chi connectivity index (χ0n) is 20.8. The minimum Gasteiger partial charge on any atom is -0.744 e. The van der Waals surface area contributed by atoms with Gasteiger partial charge in [-0.25, -0.2) is 8.42 Å². The topological polar surface area (TPSA) is 104 Å². The molecule has 2 heterocycles. The first-order valence-corrected chi connectivity index (χ1v) is 13.3. The fourth-order valence-corrected chi connectivity index (χ4v) is 5.10. The van der Waals surface area contributed by atoms with E-state index in [0.717, 1.165) is 42.0 Å². The second-order valence-corrected chi connectivity index (χ2v) is 10.8. The van der Waals surface area contributed by atoms with Crippen molar-refractivity contribution in [2.45, 2.75) is 70.2 Å². The maximum atomic E-state index is 11.7. The molecular formula is C27H33N2O5S-. The number of rotatable bonds is 10. The molecule has 0 fully saturated rings. The van der Waals surface area contributed by atoms with Crippen molar-refractivity contribution >= 4 is 27.9 Å². The molecule has 0 unspecified atom stereocenters. The number of unbranched alkanes of at least 4 members (excludes halogenated alkanes) is 2. The van der Waals surface area contributed by atoms with Gasteiger partial charge in [0.25, 0.3) is 0 Å². The summed E-state index contributed by atoms with van der Waals surface area (Å²) >= 11 is 0. The van der Waals surface area contributed by atoms with E-state index < -0.39 is 21.5 Å². The van der Waals surface area contributed by atoms with Crippen LogP contribution in [0.1, 0.15) is 63.3 Å². The Morgan fingerprint density at radius 2 is 1.89 bits per heavy atom. The predicted molar refractivity (Wildman–Crippen MR) is 132 cm³/mol. The summed E-state index contributed by atoms with van der Waals surface area (Å²) in [5.41, 5.74) is 4.35. The van der Waals surface area contributed by atoms with E-state index in [1.54, 1.807) is 6.07 Å². The first-order valence-electron chi connectivity index (χ1n) is 11.9. The maximum Gasteiger partial charge on any atom is 0.205 e. The van der Waals surface area contributed by atoms with Crippen molar-refractivity contribution in [3.05, 3.63) is 71.2 Å². The molecular weight excluding hydrogens is 464 g/mol. The maximum absolute atomic E-state index is 11.7. The molecule has 0 spiro atoms. The largest absolute Gasteiger partial charge is 0.744 e. The number of aliphatic carboxylic acids is 1. The minimum atomic E-state index is -4.57. The minimum absolute atomic E-state index is 0.0339. The number of benzene rings is 1. The van der Waals surface area contributed by atoms with Gasteiger partial charge in [-0.3, -0.25) is 0 Å². The van der Waals surface area contributed by atoms with E-state index in [0.29, 0.717) is 13.0 Å². The van der Waals surface area contributed by atoms with Gasteiger partial charge in [0.05, 0.1) is 4.90 Å². The molecule has 2 aromatic rings. The lowest BCUT2D eigenvalue weighted by molar-refractivity contribution is -0.695. The lowest BCUT2D eigenvalue weighted by atomic mass is 9.83. The molecule has 0 atom stereocenters. The molecule has 0 radical (unpaired) electrons. The molecule has 1 aromatic carbocycles. The van der Waals surface area contributed by atoms with Crippen LogP contribution in [-0.4, -0.2) is 25.5 Å². The fraction of sp³-hybridized carbons (Fsp3) is 0.407. The van der Waals surface area contributed by atoms with Crippen molar-refractivity contribution in [1.29, 1.82) is 0 Å². The van der Waals surface area contributed by atoms with Gasteiger partial charge in [0, 0.05) is 47.0 Å². The summed E-state index contributed by atoms with van der Waals surface area (Å²) in [4.78, 5) is 12.6. The van der Waals surface area contributed by atoms with E-state index in [9.17, 15) is 22.9 Å². The van der Waals surface area contributed by atoms with Gasteiger partial charge in [-0.1, -0.05) is 26.3 Å². The third-order valence-corrected chi connectivity index (χ3v) is 7.32.